The molecule has 6 heteroatoms. The molecular formula is C15H16ClN5. The van der Waals surface area contributed by atoms with Crippen molar-refractivity contribution in [2.24, 2.45) is 5.73 Å². The van der Waals surface area contributed by atoms with Crippen molar-refractivity contribution in [3.63, 3.8) is 0 Å². The van der Waals surface area contributed by atoms with Gasteiger partial charge in [-0.3, -0.25) is 5.10 Å². The Labute approximate surface area is 127 Å². The Hall–Kier alpha value is -1.98. The zero-order valence-electron chi connectivity index (χ0n) is 11.9. The van der Waals surface area contributed by atoms with Crippen molar-refractivity contribution in [3.05, 3.63) is 41.3 Å². The molecule has 3 aromatic rings. The maximum Gasteiger partial charge on any atom is 0.184 e. The molecule has 0 aliphatic rings. The monoisotopic (exact) mass is 301 g/mol. The van der Waals surface area contributed by atoms with Gasteiger partial charge in [0.2, 0.25) is 0 Å². The minimum Gasteiger partial charge on any atom is -0.330 e. The van der Waals surface area contributed by atoms with Crippen LogP contribution in [0.15, 0.2) is 30.6 Å². The number of aromatic nitrogens is 4. The first kappa shape index (κ1) is 14.0. The molecule has 3 N–H and O–H groups in total. The zero-order valence-corrected chi connectivity index (χ0v) is 12.6. The van der Waals surface area contributed by atoms with E-state index in [0.29, 0.717) is 17.2 Å². The number of nitrogens with two attached hydrogens (primary N) is 1. The average Bonchev–Trinajstić information content (AvgIpc) is 2.92. The van der Waals surface area contributed by atoms with Gasteiger partial charge in [-0.1, -0.05) is 37.6 Å². The Morgan fingerprint density at radius 2 is 1.90 bits per heavy atom. The van der Waals surface area contributed by atoms with Crippen molar-refractivity contribution >= 4 is 22.6 Å². The summed E-state index contributed by atoms with van der Waals surface area (Å²) in [5, 5.41) is 8.93. The molecule has 0 aliphatic carbocycles. The summed E-state index contributed by atoms with van der Waals surface area (Å²) in [5.74, 6) is 0. The summed E-state index contributed by atoms with van der Waals surface area (Å²) < 4.78 is 0. The molecule has 21 heavy (non-hydrogen) atoms. The van der Waals surface area contributed by atoms with E-state index >= 15 is 0 Å². The average molecular weight is 302 g/mol. The molecule has 3 rings (SSSR count). The lowest BCUT2D eigenvalue weighted by Crippen LogP contribution is -2.29. The fourth-order valence-electron chi connectivity index (χ4n) is 2.29. The van der Waals surface area contributed by atoms with Crippen molar-refractivity contribution in [3.8, 4) is 11.3 Å². The Morgan fingerprint density at radius 1 is 1.19 bits per heavy atom. The van der Waals surface area contributed by atoms with Gasteiger partial charge in [-0.15, -0.1) is 0 Å². The molecule has 0 bridgehead atoms. The molecule has 0 fully saturated rings. The lowest BCUT2D eigenvalue weighted by Gasteiger charge is -2.22. The Morgan fingerprint density at radius 3 is 2.57 bits per heavy atom. The molecule has 0 radical (unpaired) electrons. The molecule has 0 spiro atoms. The highest BCUT2D eigenvalue weighted by atomic mass is 35.5. The lowest BCUT2D eigenvalue weighted by atomic mass is 9.86. The van der Waals surface area contributed by atoms with E-state index in [4.69, 9.17) is 17.3 Å². The number of fused-ring (bicyclic) bond motifs is 1. The Balaban J connectivity index is 2.28. The van der Waals surface area contributed by atoms with Crippen LogP contribution < -0.4 is 5.73 Å². The first-order valence-corrected chi connectivity index (χ1v) is 7.06. The topological polar surface area (TPSA) is 80.5 Å². The predicted octanol–water partition coefficient (Wildman–Crippen LogP) is 2.91. The summed E-state index contributed by atoms with van der Waals surface area (Å²) in [6.45, 7) is 4.62. The molecule has 2 heterocycles. The van der Waals surface area contributed by atoms with E-state index in [-0.39, 0.29) is 5.41 Å². The van der Waals surface area contributed by atoms with Crippen LogP contribution in [0.25, 0.3) is 22.3 Å². The molecule has 0 saturated heterocycles. The Bertz CT molecular complexity index is 776. The van der Waals surface area contributed by atoms with Gasteiger partial charge in [0.1, 0.15) is 6.33 Å². The molecule has 108 valence electrons. The normalized spacial score (nSPS) is 12.0. The van der Waals surface area contributed by atoms with Crippen LogP contribution in [0.2, 0.25) is 5.02 Å². The molecule has 0 amide bonds. The van der Waals surface area contributed by atoms with Crippen molar-refractivity contribution in [2.45, 2.75) is 19.3 Å². The number of aromatic amines is 1. The van der Waals surface area contributed by atoms with Crippen LogP contribution in [0, 0.1) is 0 Å². The number of nitrogens with one attached hydrogen (secondary N) is 1. The number of halogens is 1. The smallest absolute Gasteiger partial charge is 0.184 e. The second kappa shape index (κ2) is 5.09. The van der Waals surface area contributed by atoms with E-state index in [9.17, 15) is 0 Å². The quantitative estimate of drug-likeness (QED) is 0.779. The van der Waals surface area contributed by atoms with E-state index in [1.165, 1.54) is 6.33 Å². The SMILES string of the molecule is CC(C)(CN)c1ncnc2n[nH]c(-c3ccc(Cl)cc3)c12. The van der Waals surface area contributed by atoms with Crippen LogP contribution in [-0.2, 0) is 5.41 Å². The van der Waals surface area contributed by atoms with Crippen LogP contribution in [0.5, 0.6) is 0 Å². The first-order valence-electron chi connectivity index (χ1n) is 6.68. The van der Waals surface area contributed by atoms with Crippen molar-refractivity contribution in [1.82, 2.24) is 20.2 Å². The maximum atomic E-state index is 5.95. The van der Waals surface area contributed by atoms with Gasteiger partial charge in [-0.2, -0.15) is 5.10 Å². The van der Waals surface area contributed by atoms with E-state index in [1.807, 2.05) is 24.3 Å². The predicted molar refractivity (Wildman–Crippen MR) is 84.2 cm³/mol. The lowest BCUT2D eigenvalue weighted by molar-refractivity contribution is 0.526. The highest BCUT2D eigenvalue weighted by molar-refractivity contribution is 6.30. The Kier molecular flexibility index (Phi) is 3.39. The summed E-state index contributed by atoms with van der Waals surface area (Å²) in [7, 11) is 0. The summed E-state index contributed by atoms with van der Waals surface area (Å²) in [6, 6.07) is 7.59. The molecule has 5 nitrogen and oxygen atoms in total. The third kappa shape index (κ3) is 2.39. The third-order valence-electron chi connectivity index (χ3n) is 3.64. The van der Waals surface area contributed by atoms with Crippen molar-refractivity contribution in [1.29, 1.82) is 0 Å². The summed E-state index contributed by atoms with van der Waals surface area (Å²) in [6.07, 6.45) is 1.53. The summed E-state index contributed by atoms with van der Waals surface area (Å²) in [5.41, 5.74) is 9.06. The minimum absolute atomic E-state index is 0.258. The van der Waals surface area contributed by atoms with E-state index in [2.05, 4.69) is 34.0 Å². The van der Waals surface area contributed by atoms with Gasteiger partial charge in [0, 0.05) is 22.5 Å². The fraction of sp³-hybridized carbons (Fsp3) is 0.267. The van der Waals surface area contributed by atoms with Gasteiger partial charge in [-0.05, 0) is 12.1 Å². The summed E-state index contributed by atoms with van der Waals surface area (Å²) >= 11 is 5.95. The molecule has 0 aliphatic heterocycles. The standard InChI is InChI=1S/C15H16ClN5/c1-15(2,7-17)13-11-12(9-3-5-10(16)6-4-9)20-21-14(11)19-8-18-13/h3-6,8H,7,17H2,1-2H3,(H,18,19,20,21). The number of hydrogen-bond donors (Lipinski definition) is 2. The van der Waals surface area contributed by atoms with Crippen molar-refractivity contribution < 1.29 is 0 Å². The van der Waals surface area contributed by atoms with E-state index < -0.39 is 0 Å². The summed E-state index contributed by atoms with van der Waals surface area (Å²) in [4.78, 5) is 8.68. The van der Waals surface area contributed by atoms with E-state index in [1.54, 1.807) is 0 Å². The van der Waals surface area contributed by atoms with Gasteiger partial charge in [0.05, 0.1) is 16.8 Å². The zero-order chi connectivity index (χ0) is 15.0. The van der Waals surface area contributed by atoms with Gasteiger partial charge in [0.15, 0.2) is 5.65 Å². The van der Waals surface area contributed by atoms with Crippen LogP contribution in [-0.4, -0.2) is 26.7 Å². The second-order valence-electron chi connectivity index (χ2n) is 5.61. The number of benzene rings is 1. The second-order valence-corrected chi connectivity index (χ2v) is 6.05. The van der Waals surface area contributed by atoms with Crippen LogP contribution >= 0.6 is 11.6 Å². The van der Waals surface area contributed by atoms with Gasteiger partial charge < -0.3 is 5.73 Å². The molecule has 2 aromatic heterocycles. The molecule has 0 atom stereocenters. The fourth-order valence-corrected chi connectivity index (χ4v) is 2.42. The van der Waals surface area contributed by atoms with Crippen molar-refractivity contribution in [2.75, 3.05) is 6.54 Å². The highest BCUT2D eigenvalue weighted by Crippen LogP contribution is 2.33. The largest absolute Gasteiger partial charge is 0.330 e. The van der Waals surface area contributed by atoms with Gasteiger partial charge in [0.25, 0.3) is 0 Å². The third-order valence-corrected chi connectivity index (χ3v) is 3.89. The number of rotatable bonds is 3. The number of hydrogen-bond acceptors (Lipinski definition) is 4. The van der Waals surface area contributed by atoms with Crippen LogP contribution in [0.4, 0.5) is 0 Å². The molecule has 0 saturated carbocycles. The molecule has 1 aromatic carbocycles. The van der Waals surface area contributed by atoms with Crippen LogP contribution in [0.1, 0.15) is 19.5 Å². The van der Waals surface area contributed by atoms with Gasteiger partial charge >= 0.3 is 0 Å². The van der Waals surface area contributed by atoms with Crippen LogP contribution in [0.3, 0.4) is 0 Å². The highest BCUT2D eigenvalue weighted by Gasteiger charge is 2.26. The first-order chi connectivity index (χ1) is 10.0. The number of nitrogens with zero attached hydrogens (tertiary/aromatic N) is 3. The van der Waals surface area contributed by atoms with E-state index in [0.717, 1.165) is 22.3 Å². The molecule has 0 unspecified atom stereocenters. The number of H-pyrrole nitrogens is 1. The minimum atomic E-state index is -0.258. The molecular weight excluding hydrogens is 286 g/mol. The maximum absolute atomic E-state index is 5.95. The van der Waals surface area contributed by atoms with Gasteiger partial charge in [-0.25, -0.2) is 9.97 Å².